The summed E-state index contributed by atoms with van der Waals surface area (Å²) >= 11 is 0. The van der Waals surface area contributed by atoms with Crippen LogP contribution in [0.25, 0.3) is 0 Å². The molecule has 0 bridgehead atoms. The average molecular weight is 490 g/mol. The molecule has 6 unspecified atom stereocenters. The Morgan fingerprint density at radius 3 is 2.26 bits per heavy atom. The van der Waals surface area contributed by atoms with Crippen LogP contribution in [0.1, 0.15) is 11.7 Å². The Bertz CT molecular complexity index is 1080. The van der Waals surface area contributed by atoms with Crippen molar-refractivity contribution in [3.63, 3.8) is 0 Å². The zero-order chi connectivity index (χ0) is 25.7. The van der Waals surface area contributed by atoms with E-state index in [0.29, 0.717) is 5.56 Å². The fourth-order valence-electron chi connectivity index (χ4n) is 3.87. The monoisotopic (exact) mass is 490 g/mol. The third-order valence-electron chi connectivity index (χ3n) is 5.82. The van der Waals surface area contributed by atoms with E-state index in [-0.39, 0.29) is 17.8 Å². The zero-order valence-corrected chi connectivity index (χ0v) is 18.3. The molecule has 0 heterocycles. The van der Waals surface area contributed by atoms with Crippen LogP contribution in [0.4, 0.5) is 17.1 Å². The molecule has 2 aromatic carbocycles. The molecule has 0 aliphatic heterocycles. The van der Waals surface area contributed by atoms with Crippen molar-refractivity contribution in [3.8, 4) is 0 Å². The summed E-state index contributed by atoms with van der Waals surface area (Å²) in [4.78, 5) is 21.0. The molecule has 7 N–H and O–H groups in total. The van der Waals surface area contributed by atoms with E-state index in [1.165, 1.54) is 12.1 Å². The van der Waals surface area contributed by atoms with Gasteiger partial charge in [0.15, 0.2) is 0 Å². The smallest absolute Gasteiger partial charge is 0.299 e. The first-order chi connectivity index (χ1) is 16.6. The number of aliphatic hydroxyl groups is 5. The molecule has 0 amide bonds. The second kappa shape index (κ2) is 11.3. The van der Waals surface area contributed by atoms with Gasteiger partial charge in [-0.1, -0.05) is 36.4 Å². The molecule has 0 radical (unpaired) electrons. The number of aliphatic hydroxyl groups excluding tert-OH is 5. The molecule has 1 aliphatic carbocycles. The maximum absolute atomic E-state index is 11.6. The Balaban J connectivity index is 1.90. The number of non-ortho nitro benzene ring substituents is 1. The minimum absolute atomic E-state index is 0.0754. The first-order valence-corrected chi connectivity index (χ1v) is 10.7. The molecule has 0 aromatic heterocycles. The number of hydrogen-bond acceptors (Lipinski definition) is 11. The quantitative estimate of drug-likeness (QED) is 0.134. The predicted molar refractivity (Wildman–Crippen MR) is 124 cm³/mol. The summed E-state index contributed by atoms with van der Waals surface area (Å²) in [6, 6.07) is 9.60. The van der Waals surface area contributed by atoms with E-state index in [4.69, 9.17) is 0 Å². The molecule has 6 atom stereocenters. The van der Waals surface area contributed by atoms with E-state index in [9.17, 15) is 45.8 Å². The molecular weight excluding hydrogens is 464 g/mol. The van der Waals surface area contributed by atoms with Gasteiger partial charge in [-0.15, -0.1) is 0 Å². The number of nitrogens with zero attached hydrogens (tertiary/aromatic N) is 2. The number of nitrogens with one attached hydrogen (secondary N) is 2. The maximum Gasteiger partial charge on any atom is 0.299 e. The highest BCUT2D eigenvalue weighted by molar-refractivity contribution is 5.66. The van der Waals surface area contributed by atoms with Crippen molar-refractivity contribution in [2.45, 2.75) is 36.5 Å². The summed E-state index contributed by atoms with van der Waals surface area (Å²) in [6.45, 7) is -0.656. The molecule has 188 valence electrons. The summed E-state index contributed by atoms with van der Waals surface area (Å²) in [5.74, 6) is 0. The van der Waals surface area contributed by atoms with Crippen LogP contribution in [0.2, 0.25) is 0 Å². The Labute approximate surface area is 199 Å². The molecule has 3 rings (SSSR count). The molecule has 0 fully saturated rings. The molecule has 13 heteroatoms. The van der Waals surface area contributed by atoms with Crippen molar-refractivity contribution in [2.24, 2.45) is 0 Å². The van der Waals surface area contributed by atoms with Crippen LogP contribution in [0.5, 0.6) is 0 Å². The summed E-state index contributed by atoms with van der Waals surface area (Å²) in [5.41, 5.74) is -0.543. The lowest BCUT2D eigenvalue weighted by Crippen LogP contribution is -2.55. The largest absolute Gasteiger partial charge is 0.392 e. The van der Waals surface area contributed by atoms with Gasteiger partial charge in [-0.2, -0.15) is 0 Å². The Kier molecular flexibility index (Phi) is 8.45. The van der Waals surface area contributed by atoms with E-state index in [0.717, 1.165) is 12.1 Å². The van der Waals surface area contributed by atoms with Crippen LogP contribution in [0.3, 0.4) is 0 Å². The van der Waals surface area contributed by atoms with Crippen molar-refractivity contribution in [2.75, 3.05) is 18.5 Å². The molecule has 0 saturated heterocycles. The normalized spacial score (nSPS) is 23.7. The molecule has 0 spiro atoms. The molecular formula is C22H26N4O9. The Morgan fingerprint density at radius 2 is 1.66 bits per heavy atom. The lowest BCUT2D eigenvalue weighted by atomic mass is 9.88. The summed E-state index contributed by atoms with van der Waals surface area (Å²) in [6.07, 6.45) is -4.30. The van der Waals surface area contributed by atoms with Gasteiger partial charge in [0.05, 0.1) is 34.6 Å². The van der Waals surface area contributed by atoms with Crippen LogP contribution in [-0.4, -0.2) is 78.9 Å². The number of rotatable bonds is 10. The van der Waals surface area contributed by atoms with Crippen LogP contribution in [0.15, 0.2) is 60.2 Å². The minimum atomic E-state index is -1.57. The first kappa shape index (κ1) is 26.2. The van der Waals surface area contributed by atoms with Crippen molar-refractivity contribution >= 4 is 17.1 Å². The summed E-state index contributed by atoms with van der Waals surface area (Å²) in [7, 11) is 0. The number of benzene rings is 2. The highest BCUT2D eigenvalue weighted by Crippen LogP contribution is 2.31. The fraction of sp³-hybridized carbons (Fsp3) is 0.364. The standard InChI is InChI=1S/C22H26N4O9/c27-11-13-8-16(21(30)22(31)20(13)29)23-10-17(19(28)12-4-2-1-3-5-12)24-15-7-6-14(25(32)33)9-18(15)26(34)35/h1-9,16-17,19-24,27-31H,10-11H2. The molecule has 1 aliphatic rings. The predicted octanol–water partition coefficient (Wildman–Crippen LogP) is -0.00970. The first-order valence-electron chi connectivity index (χ1n) is 10.7. The second-order valence-electron chi connectivity index (χ2n) is 8.08. The van der Waals surface area contributed by atoms with Gasteiger partial charge in [0.25, 0.3) is 11.4 Å². The van der Waals surface area contributed by atoms with Crippen LogP contribution in [-0.2, 0) is 0 Å². The van der Waals surface area contributed by atoms with E-state index < -0.39 is 64.3 Å². The van der Waals surface area contributed by atoms with Gasteiger partial charge in [-0.05, 0) is 17.2 Å². The van der Waals surface area contributed by atoms with Crippen LogP contribution >= 0.6 is 0 Å². The number of hydrogen-bond donors (Lipinski definition) is 7. The average Bonchev–Trinajstić information content (AvgIpc) is 2.86. The van der Waals surface area contributed by atoms with Gasteiger partial charge >= 0.3 is 0 Å². The topological polar surface area (TPSA) is 211 Å². The number of nitro benzene ring substituents is 2. The molecule has 13 nitrogen and oxygen atoms in total. The van der Waals surface area contributed by atoms with E-state index in [1.54, 1.807) is 30.3 Å². The summed E-state index contributed by atoms with van der Waals surface area (Å²) < 4.78 is 0. The lowest BCUT2D eigenvalue weighted by molar-refractivity contribution is -0.393. The number of anilines is 1. The molecule has 2 aromatic rings. The van der Waals surface area contributed by atoms with Gasteiger partial charge in [-0.25, -0.2) is 0 Å². The third kappa shape index (κ3) is 5.97. The third-order valence-corrected chi connectivity index (χ3v) is 5.82. The van der Waals surface area contributed by atoms with Gasteiger partial charge < -0.3 is 36.2 Å². The van der Waals surface area contributed by atoms with E-state index >= 15 is 0 Å². The van der Waals surface area contributed by atoms with Gasteiger partial charge in [0.1, 0.15) is 30.1 Å². The Hall–Kier alpha value is -3.46. The SMILES string of the molecule is O=[N+]([O-])c1ccc(NC(CNC2C=C(CO)C(O)C(O)C2O)C(O)c2ccccc2)c([N+](=O)[O-])c1. The van der Waals surface area contributed by atoms with Gasteiger partial charge in [0, 0.05) is 12.6 Å². The second-order valence-corrected chi connectivity index (χ2v) is 8.08. The molecule has 0 saturated carbocycles. The number of nitro groups is 2. The van der Waals surface area contributed by atoms with Gasteiger partial charge in [0.2, 0.25) is 0 Å². The van der Waals surface area contributed by atoms with Crippen molar-refractivity contribution < 1.29 is 35.4 Å². The van der Waals surface area contributed by atoms with E-state index in [2.05, 4.69) is 10.6 Å². The maximum atomic E-state index is 11.6. The zero-order valence-electron chi connectivity index (χ0n) is 18.3. The minimum Gasteiger partial charge on any atom is -0.392 e. The Morgan fingerprint density at radius 1 is 0.971 bits per heavy atom. The highest BCUT2D eigenvalue weighted by atomic mass is 16.6. The van der Waals surface area contributed by atoms with Crippen molar-refractivity contribution in [3.05, 3.63) is 86.0 Å². The van der Waals surface area contributed by atoms with Crippen molar-refractivity contribution in [1.29, 1.82) is 0 Å². The van der Waals surface area contributed by atoms with Gasteiger partial charge in [-0.3, -0.25) is 20.2 Å². The summed E-state index contributed by atoms with van der Waals surface area (Å²) in [5, 5.41) is 79.2. The van der Waals surface area contributed by atoms with Crippen LogP contribution < -0.4 is 10.6 Å². The van der Waals surface area contributed by atoms with Crippen LogP contribution in [0, 0.1) is 20.2 Å². The lowest BCUT2D eigenvalue weighted by Gasteiger charge is -2.36. The van der Waals surface area contributed by atoms with Crippen molar-refractivity contribution in [1.82, 2.24) is 5.32 Å². The fourth-order valence-corrected chi connectivity index (χ4v) is 3.87. The van der Waals surface area contributed by atoms with E-state index in [1.807, 2.05) is 0 Å². The molecule has 35 heavy (non-hydrogen) atoms. The highest BCUT2D eigenvalue weighted by Gasteiger charge is 2.37.